The molecule has 1 atom stereocenters. The van der Waals surface area contributed by atoms with Crippen LogP contribution >= 0.6 is 11.3 Å². The number of hydrogen-bond donors (Lipinski definition) is 2. The zero-order valence-electron chi connectivity index (χ0n) is 12.4. The van der Waals surface area contributed by atoms with E-state index in [4.69, 9.17) is 5.11 Å². The largest absolute Gasteiger partial charge is 0.480 e. The van der Waals surface area contributed by atoms with Gasteiger partial charge in [0.1, 0.15) is 11.7 Å². The number of carboxylic acids is 1. The highest BCUT2D eigenvalue weighted by molar-refractivity contribution is 7.10. The van der Waals surface area contributed by atoms with Gasteiger partial charge in [-0.2, -0.15) is 0 Å². The molecule has 0 aromatic carbocycles. The highest BCUT2D eigenvalue weighted by Crippen LogP contribution is 2.25. The Bertz CT molecular complexity index is 477. The van der Waals surface area contributed by atoms with Gasteiger partial charge < -0.3 is 10.4 Å². The van der Waals surface area contributed by atoms with Crippen LogP contribution in [0.2, 0.25) is 0 Å². The van der Waals surface area contributed by atoms with Crippen LogP contribution in [0.4, 0.5) is 0 Å². The fraction of sp³-hybridized carbons (Fsp3) is 0.643. The molecule has 0 saturated heterocycles. The molecule has 0 spiro atoms. The minimum atomic E-state index is -1.00. The number of carbonyl (C=O) groups is 2. The summed E-state index contributed by atoms with van der Waals surface area (Å²) in [5.41, 5.74) is 0.181. The minimum absolute atomic E-state index is 0.113. The summed E-state index contributed by atoms with van der Waals surface area (Å²) >= 11 is 1.42. The number of aromatic nitrogens is 1. The molecule has 2 N–H and O–H groups in total. The monoisotopic (exact) mass is 298 g/mol. The lowest BCUT2D eigenvalue weighted by Gasteiger charge is -2.14. The second-order valence-corrected chi connectivity index (χ2v) is 6.65. The van der Waals surface area contributed by atoms with Crippen molar-refractivity contribution in [2.45, 2.75) is 58.4 Å². The zero-order valence-corrected chi connectivity index (χ0v) is 13.2. The third-order valence-corrected chi connectivity index (χ3v) is 4.10. The normalized spacial score (nSPS) is 13.0. The fourth-order valence-corrected chi connectivity index (χ4v) is 2.51. The number of rotatable bonds is 6. The number of unbranched alkanes of at least 4 members (excludes halogenated alkanes) is 1. The standard InChI is InChI=1S/C14H22N2O3S/c1-5-6-7-9(12(18)19)15-11(17)10-8-20-13(16-10)14(2,3)4/h8-9H,5-7H2,1-4H3,(H,15,17)(H,18,19). The van der Waals surface area contributed by atoms with E-state index in [9.17, 15) is 9.59 Å². The van der Waals surface area contributed by atoms with Crippen LogP contribution in [0.1, 0.15) is 62.5 Å². The van der Waals surface area contributed by atoms with Crippen LogP contribution in [0.3, 0.4) is 0 Å². The van der Waals surface area contributed by atoms with Gasteiger partial charge in [-0.25, -0.2) is 9.78 Å². The molecule has 112 valence electrons. The lowest BCUT2D eigenvalue weighted by Crippen LogP contribution is -2.40. The van der Waals surface area contributed by atoms with E-state index >= 15 is 0 Å². The number of amides is 1. The Balaban J connectivity index is 2.74. The molecule has 1 unspecified atom stereocenters. The van der Waals surface area contributed by atoms with E-state index in [1.165, 1.54) is 11.3 Å². The molecule has 0 radical (unpaired) electrons. The van der Waals surface area contributed by atoms with Crippen molar-refractivity contribution < 1.29 is 14.7 Å². The maximum Gasteiger partial charge on any atom is 0.326 e. The van der Waals surface area contributed by atoms with Crippen LogP contribution < -0.4 is 5.32 Å². The first-order valence-corrected chi connectivity index (χ1v) is 7.63. The Hall–Kier alpha value is -1.43. The maximum atomic E-state index is 12.0. The highest BCUT2D eigenvalue weighted by atomic mass is 32.1. The first-order valence-electron chi connectivity index (χ1n) is 6.75. The van der Waals surface area contributed by atoms with E-state index in [2.05, 4.69) is 10.3 Å². The third-order valence-electron chi connectivity index (χ3n) is 2.83. The molecular formula is C14H22N2O3S. The van der Waals surface area contributed by atoms with E-state index in [1.54, 1.807) is 5.38 Å². The van der Waals surface area contributed by atoms with Gasteiger partial charge >= 0.3 is 5.97 Å². The molecular weight excluding hydrogens is 276 g/mol. The van der Waals surface area contributed by atoms with Gasteiger partial charge in [0, 0.05) is 10.8 Å². The lowest BCUT2D eigenvalue weighted by molar-refractivity contribution is -0.139. The van der Waals surface area contributed by atoms with E-state index in [1.807, 2.05) is 27.7 Å². The van der Waals surface area contributed by atoms with Gasteiger partial charge in [-0.1, -0.05) is 40.5 Å². The molecule has 0 aliphatic heterocycles. The zero-order chi connectivity index (χ0) is 15.3. The number of thiazole rings is 1. The van der Waals surface area contributed by atoms with Crippen molar-refractivity contribution in [2.75, 3.05) is 0 Å². The van der Waals surface area contributed by atoms with E-state index in [0.717, 1.165) is 17.8 Å². The Morgan fingerprint density at radius 1 is 1.45 bits per heavy atom. The van der Waals surface area contributed by atoms with Crippen molar-refractivity contribution in [1.82, 2.24) is 10.3 Å². The van der Waals surface area contributed by atoms with Gasteiger partial charge in [-0.15, -0.1) is 11.3 Å². The summed E-state index contributed by atoms with van der Waals surface area (Å²) in [5, 5.41) is 14.2. The molecule has 1 rings (SSSR count). The first kappa shape index (κ1) is 16.6. The van der Waals surface area contributed by atoms with Crippen LogP contribution in [0.25, 0.3) is 0 Å². The number of carboxylic acid groups (broad SMARTS) is 1. The van der Waals surface area contributed by atoms with Gasteiger partial charge in [0.15, 0.2) is 0 Å². The van der Waals surface area contributed by atoms with Crippen LogP contribution in [0.5, 0.6) is 0 Å². The molecule has 20 heavy (non-hydrogen) atoms. The van der Waals surface area contributed by atoms with Crippen molar-refractivity contribution in [3.8, 4) is 0 Å². The van der Waals surface area contributed by atoms with Crippen LogP contribution in [0.15, 0.2) is 5.38 Å². The second kappa shape index (κ2) is 6.83. The summed E-state index contributed by atoms with van der Waals surface area (Å²) in [5.74, 6) is -1.42. The number of carbonyl (C=O) groups excluding carboxylic acids is 1. The first-order chi connectivity index (χ1) is 9.25. The Morgan fingerprint density at radius 2 is 2.10 bits per heavy atom. The summed E-state index contributed by atoms with van der Waals surface area (Å²) in [7, 11) is 0. The maximum absolute atomic E-state index is 12.0. The van der Waals surface area contributed by atoms with Gasteiger partial charge in [0.25, 0.3) is 5.91 Å². The molecule has 1 aromatic rings. The van der Waals surface area contributed by atoms with Crippen molar-refractivity contribution in [3.63, 3.8) is 0 Å². The van der Waals surface area contributed by atoms with Gasteiger partial charge in [0.05, 0.1) is 5.01 Å². The number of hydrogen-bond acceptors (Lipinski definition) is 4. The second-order valence-electron chi connectivity index (χ2n) is 5.79. The summed E-state index contributed by atoms with van der Waals surface area (Å²) in [6, 6.07) is -0.845. The number of nitrogens with one attached hydrogen (secondary N) is 1. The lowest BCUT2D eigenvalue weighted by atomic mass is 9.98. The Morgan fingerprint density at radius 3 is 2.55 bits per heavy atom. The number of aliphatic carboxylic acids is 1. The summed E-state index contributed by atoms with van der Waals surface area (Å²) in [6.45, 7) is 8.05. The molecule has 0 fully saturated rings. The predicted molar refractivity (Wildman–Crippen MR) is 79.2 cm³/mol. The summed E-state index contributed by atoms with van der Waals surface area (Å²) in [6.07, 6.45) is 2.10. The smallest absolute Gasteiger partial charge is 0.326 e. The molecule has 1 amide bonds. The molecule has 0 aliphatic rings. The fourth-order valence-electron chi connectivity index (χ4n) is 1.62. The van der Waals surface area contributed by atoms with E-state index in [0.29, 0.717) is 12.1 Å². The molecule has 0 aliphatic carbocycles. The van der Waals surface area contributed by atoms with Crippen LogP contribution in [-0.2, 0) is 10.2 Å². The topological polar surface area (TPSA) is 79.3 Å². The van der Waals surface area contributed by atoms with Crippen molar-refractivity contribution >= 4 is 23.2 Å². The molecule has 1 aromatic heterocycles. The SMILES string of the molecule is CCCCC(NC(=O)c1csc(C(C)(C)C)n1)C(=O)O. The van der Waals surface area contributed by atoms with Crippen molar-refractivity contribution in [2.24, 2.45) is 0 Å². The molecule has 0 bridgehead atoms. The van der Waals surface area contributed by atoms with Crippen LogP contribution in [0, 0.1) is 0 Å². The minimum Gasteiger partial charge on any atom is -0.480 e. The predicted octanol–water partition coefficient (Wildman–Crippen LogP) is 2.81. The van der Waals surface area contributed by atoms with Gasteiger partial charge in [0.2, 0.25) is 0 Å². The summed E-state index contributed by atoms with van der Waals surface area (Å²) in [4.78, 5) is 27.4. The molecule has 1 heterocycles. The number of nitrogens with zero attached hydrogens (tertiary/aromatic N) is 1. The average molecular weight is 298 g/mol. The van der Waals surface area contributed by atoms with Crippen molar-refractivity contribution in [1.29, 1.82) is 0 Å². The molecule has 0 saturated carbocycles. The van der Waals surface area contributed by atoms with Crippen molar-refractivity contribution in [3.05, 3.63) is 16.1 Å². The molecule has 5 nitrogen and oxygen atoms in total. The Labute approximate surface area is 123 Å². The summed E-state index contributed by atoms with van der Waals surface area (Å²) < 4.78 is 0. The third kappa shape index (κ3) is 4.59. The van der Waals surface area contributed by atoms with Gasteiger partial charge in [-0.3, -0.25) is 4.79 Å². The van der Waals surface area contributed by atoms with Gasteiger partial charge in [-0.05, 0) is 6.42 Å². The van der Waals surface area contributed by atoms with Crippen LogP contribution in [-0.4, -0.2) is 28.0 Å². The quantitative estimate of drug-likeness (QED) is 0.846. The van der Waals surface area contributed by atoms with E-state index in [-0.39, 0.29) is 5.41 Å². The van der Waals surface area contributed by atoms with E-state index < -0.39 is 17.9 Å². The molecule has 6 heteroatoms. The highest BCUT2D eigenvalue weighted by Gasteiger charge is 2.24. The average Bonchev–Trinajstić information content (AvgIpc) is 2.83. The Kier molecular flexibility index (Phi) is 5.68.